The zero-order chi connectivity index (χ0) is 14.5. The number of hydrogen-bond donors (Lipinski definition) is 1. The highest BCUT2D eigenvalue weighted by Crippen LogP contribution is 2.06. The van der Waals surface area contributed by atoms with Crippen molar-refractivity contribution in [1.29, 1.82) is 0 Å². The molecule has 116 valence electrons. The Morgan fingerprint density at radius 1 is 1.05 bits per heavy atom. The Balaban J connectivity index is 2.05. The molecule has 0 aliphatic rings. The van der Waals surface area contributed by atoms with Crippen LogP contribution in [0.5, 0.6) is 0 Å². The van der Waals surface area contributed by atoms with Gasteiger partial charge in [0.05, 0.1) is 13.2 Å². The van der Waals surface area contributed by atoms with Gasteiger partial charge in [0.25, 0.3) is 0 Å². The molecule has 0 bridgehead atoms. The van der Waals surface area contributed by atoms with E-state index in [1.54, 1.807) is 14.2 Å². The van der Waals surface area contributed by atoms with Crippen molar-refractivity contribution >= 4 is 5.95 Å². The second-order valence-corrected chi connectivity index (χ2v) is 4.53. The number of aryl methyl sites for hydroxylation is 1. The first kappa shape index (κ1) is 16.9. The Labute approximate surface area is 121 Å². The van der Waals surface area contributed by atoms with Gasteiger partial charge in [-0.05, 0) is 19.3 Å². The highest BCUT2D eigenvalue weighted by molar-refractivity contribution is 5.25. The van der Waals surface area contributed by atoms with Gasteiger partial charge in [-0.25, -0.2) is 4.98 Å². The van der Waals surface area contributed by atoms with Gasteiger partial charge in [0, 0.05) is 52.9 Å². The maximum atomic E-state index is 5.41. The summed E-state index contributed by atoms with van der Waals surface area (Å²) in [5, 5.41) is 3.35. The highest BCUT2D eigenvalue weighted by atomic mass is 16.5. The summed E-state index contributed by atoms with van der Waals surface area (Å²) in [4.78, 5) is 4.32. The fraction of sp³-hybridized carbons (Fsp3) is 0.786. The number of anilines is 1. The number of methoxy groups -OCH3 is 2. The predicted octanol–water partition coefficient (Wildman–Crippen LogP) is 1.77. The van der Waals surface area contributed by atoms with Crippen LogP contribution in [-0.2, 0) is 20.8 Å². The molecule has 6 nitrogen and oxygen atoms in total. The van der Waals surface area contributed by atoms with E-state index >= 15 is 0 Å². The standard InChI is InChI=1S/C14H27N3O3/c1-18-10-5-8-17-9-7-16-14(17)15-6-3-4-11-20-13-12-19-2/h7,9H,3-6,8,10-13H2,1-2H3,(H,15,16). The molecule has 0 amide bonds. The van der Waals surface area contributed by atoms with Crippen LogP contribution in [0.4, 0.5) is 5.95 Å². The third kappa shape index (κ3) is 7.47. The maximum Gasteiger partial charge on any atom is 0.202 e. The van der Waals surface area contributed by atoms with Crippen LogP contribution in [0.25, 0.3) is 0 Å². The van der Waals surface area contributed by atoms with Crippen LogP contribution in [0, 0.1) is 0 Å². The highest BCUT2D eigenvalue weighted by Gasteiger charge is 2.01. The van der Waals surface area contributed by atoms with E-state index in [4.69, 9.17) is 14.2 Å². The molecular weight excluding hydrogens is 258 g/mol. The van der Waals surface area contributed by atoms with E-state index in [9.17, 15) is 0 Å². The molecule has 0 saturated heterocycles. The first-order valence-corrected chi connectivity index (χ1v) is 7.19. The first-order valence-electron chi connectivity index (χ1n) is 7.19. The lowest BCUT2D eigenvalue weighted by Gasteiger charge is -2.09. The number of unbranched alkanes of at least 4 members (excludes halogenated alkanes) is 1. The lowest BCUT2D eigenvalue weighted by atomic mass is 10.3. The van der Waals surface area contributed by atoms with Gasteiger partial charge < -0.3 is 24.1 Å². The molecule has 1 heterocycles. The van der Waals surface area contributed by atoms with Gasteiger partial charge in [0.15, 0.2) is 0 Å². The van der Waals surface area contributed by atoms with Crippen molar-refractivity contribution in [3.05, 3.63) is 12.4 Å². The van der Waals surface area contributed by atoms with Gasteiger partial charge >= 0.3 is 0 Å². The number of imidazole rings is 1. The summed E-state index contributed by atoms with van der Waals surface area (Å²) in [6.07, 6.45) is 6.92. The monoisotopic (exact) mass is 285 g/mol. The van der Waals surface area contributed by atoms with Crippen LogP contribution in [0.1, 0.15) is 19.3 Å². The van der Waals surface area contributed by atoms with E-state index in [0.29, 0.717) is 13.2 Å². The quantitative estimate of drug-likeness (QED) is 0.560. The normalized spacial score (nSPS) is 10.9. The van der Waals surface area contributed by atoms with E-state index < -0.39 is 0 Å². The van der Waals surface area contributed by atoms with Gasteiger partial charge in [-0.3, -0.25) is 0 Å². The summed E-state index contributed by atoms with van der Waals surface area (Å²) in [5.74, 6) is 0.932. The molecule has 0 aromatic carbocycles. The second-order valence-electron chi connectivity index (χ2n) is 4.53. The van der Waals surface area contributed by atoms with Crippen LogP contribution in [0.2, 0.25) is 0 Å². The summed E-state index contributed by atoms with van der Waals surface area (Å²) in [6, 6.07) is 0. The number of nitrogens with one attached hydrogen (secondary N) is 1. The van der Waals surface area contributed by atoms with Crippen molar-refractivity contribution in [3.63, 3.8) is 0 Å². The van der Waals surface area contributed by atoms with Crippen molar-refractivity contribution in [1.82, 2.24) is 9.55 Å². The lowest BCUT2D eigenvalue weighted by Crippen LogP contribution is -2.10. The summed E-state index contributed by atoms with van der Waals surface area (Å²) in [6.45, 7) is 4.74. The van der Waals surface area contributed by atoms with Gasteiger partial charge in [0.1, 0.15) is 0 Å². The molecule has 0 atom stereocenters. The van der Waals surface area contributed by atoms with Gasteiger partial charge in [-0.15, -0.1) is 0 Å². The Kier molecular flexibility index (Phi) is 9.91. The number of ether oxygens (including phenoxy) is 3. The first-order chi connectivity index (χ1) is 9.88. The minimum absolute atomic E-state index is 0.664. The van der Waals surface area contributed by atoms with Crippen molar-refractivity contribution in [2.24, 2.45) is 0 Å². The van der Waals surface area contributed by atoms with Crippen LogP contribution >= 0.6 is 0 Å². The molecule has 6 heteroatoms. The molecule has 0 aliphatic heterocycles. The molecule has 1 N–H and O–H groups in total. The molecule has 20 heavy (non-hydrogen) atoms. The smallest absolute Gasteiger partial charge is 0.202 e. The molecule has 0 unspecified atom stereocenters. The minimum Gasteiger partial charge on any atom is -0.385 e. The number of nitrogens with zero attached hydrogens (tertiary/aromatic N) is 2. The van der Waals surface area contributed by atoms with Crippen LogP contribution in [-0.4, -0.2) is 56.7 Å². The number of rotatable bonds is 13. The van der Waals surface area contributed by atoms with Gasteiger partial charge in [-0.1, -0.05) is 0 Å². The Morgan fingerprint density at radius 2 is 1.90 bits per heavy atom. The average Bonchev–Trinajstić information content (AvgIpc) is 2.90. The predicted molar refractivity (Wildman–Crippen MR) is 79.1 cm³/mol. The van der Waals surface area contributed by atoms with Crippen LogP contribution < -0.4 is 5.32 Å². The molecule has 0 aliphatic carbocycles. The third-order valence-electron chi connectivity index (χ3n) is 2.89. The molecular formula is C14H27N3O3. The Hall–Kier alpha value is -1.11. The zero-order valence-corrected chi connectivity index (χ0v) is 12.6. The average molecular weight is 285 g/mol. The minimum atomic E-state index is 0.664. The Morgan fingerprint density at radius 3 is 2.70 bits per heavy atom. The summed E-state index contributed by atoms with van der Waals surface area (Å²) >= 11 is 0. The van der Waals surface area contributed by atoms with Crippen molar-refractivity contribution in [3.8, 4) is 0 Å². The molecule has 1 rings (SSSR count). The van der Waals surface area contributed by atoms with Crippen LogP contribution in [0.15, 0.2) is 12.4 Å². The third-order valence-corrected chi connectivity index (χ3v) is 2.89. The van der Waals surface area contributed by atoms with Gasteiger partial charge in [-0.2, -0.15) is 0 Å². The van der Waals surface area contributed by atoms with E-state index in [2.05, 4.69) is 14.9 Å². The fourth-order valence-electron chi connectivity index (χ4n) is 1.81. The topological polar surface area (TPSA) is 57.5 Å². The van der Waals surface area contributed by atoms with Crippen LogP contribution in [0.3, 0.4) is 0 Å². The van der Waals surface area contributed by atoms with Crippen molar-refractivity contribution in [2.45, 2.75) is 25.8 Å². The maximum absolute atomic E-state index is 5.41. The number of aromatic nitrogens is 2. The van der Waals surface area contributed by atoms with Gasteiger partial charge in [0.2, 0.25) is 5.95 Å². The molecule has 0 saturated carbocycles. The molecule has 0 fully saturated rings. The van der Waals surface area contributed by atoms with E-state index in [0.717, 1.165) is 51.5 Å². The molecule has 1 aromatic rings. The van der Waals surface area contributed by atoms with Crippen molar-refractivity contribution < 1.29 is 14.2 Å². The summed E-state index contributed by atoms with van der Waals surface area (Å²) < 4.78 is 17.5. The Bertz CT molecular complexity index is 331. The zero-order valence-electron chi connectivity index (χ0n) is 12.6. The van der Waals surface area contributed by atoms with E-state index in [1.165, 1.54) is 0 Å². The van der Waals surface area contributed by atoms with Crippen molar-refractivity contribution in [2.75, 3.05) is 52.5 Å². The summed E-state index contributed by atoms with van der Waals surface area (Å²) in [5.41, 5.74) is 0. The van der Waals surface area contributed by atoms with E-state index in [1.807, 2.05) is 12.4 Å². The molecule has 0 radical (unpaired) electrons. The van der Waals surface area contributed by atoms with E-state index in [-0.39, 0.29) is 0 Å². The molecule has 1 aromatic heterocycles. The number of hydrogen-bond acceptors (Lipinski definition) is 5. The summed E-state index contributed by atoms with van der Waals surface area (Å²) in [7, 11) is 3.41. The fourth-order valence-corrected chi connectivity index (χ4v) is 1.81. The SMILES string of the molecule is COCCCn1ccnc1NCCCCOCCOC. The second kappa shape index (κ2) is 11.7. The lowest BCUT2D eigenvalue weighted by molar-refractivity contribution is 0.0691. The molecule has 0 spiro atoms. The largest absolute Gasteiger partial charge is 0.385 e.